The molecule has 0 bridgehead atoms. The van der Waals surface area contributed by atoms with Gasteiger partial charge in [-0.15, -0.1) is 11.3 Å². The standard InChI is InChI=1S/C14H20N4OS/c1-5-12-8(2)17-18(9(12)3)7-11-6-13(14(19)16-15)20-10(11)4/h6H,5,7,15H2,1-4H3,(H,16,19). The highest BCUT2D eigenvalue weighted by Crippen LogP contribution is 2.23. The van der Waals surface area contributed by atoms with E-state index in [2.05, 4.69) is 24.4 Å². The van der Waals surface area contributed by atoms with Crippen LogP contribution in [0, 0.1) is 20.8 Å². The van der Waals surface area contributed by atoms with Crippen molar-refractivity contribution in [1.82, 2.24) is 15.2 Å². The summed E-state index contributed by atoms with van der Waals surface area (Å²) in [4.78, 5) is 13.3. The Bertz CT molecular complexity index is 642. The molecule has 0 saturated carbocycles. The highest BCUT2D eigenvalue weighted by atomic mass is 32.1. The molecule has 3 N–H and O–H groups in total. The molecule has 2 aromatic heterocycles. The summed E-state index contributed by atoms with van der Waals surface area (Å²) < 4.78 is 2.01. The minimum absolute atomic E-state index is 0.244. The van der Waals surface area contributed by atoms with Crippen molar-refractivity contribution in [3.63, 3.8) is 0 Å². The van der Waals surface area contributed by atoms with Crippen LogP contribution < -0.4 is 11.3 Å². The fourth-order valence-corrected chi connectivity index (χ4v) is 3.36. The van der Waals surface area contributed by atoms with Crippen LogP contribution in [0.5, 0.6) is 0 Å². The van der Waals surface area contributed by atoms with Crippen LogP contribution in [0.15, 0.2) is 6.07 Å². The van der Waals surface area contributed by atoms with Crippen LogP contribution in [-0.4, -0.2) is 15.7 Å². The molecule has 2 rings (SSSR count). The molecule has 0 aromatic carbocycles. The van der Waals surface area contributed by atoms with Gasteiger partial charge in [-0.3, -0.25) is 14.9 Å². The van der Waals surface area contributed by atoms with Gasteiger partial charge >= 0.3 is 0 Å². The Morgan fingerprint density at radius 3 is 2.70 bits per heavy atom. The van der Waals surface area contributed by atoms with E-state index in [1.807, 2.05) is 24.6 Å². The van der Waals surface area contributed by atoms with Crippen molar-refractivity contribution < 1.29 is 4.79 Å². The van der Waals surface area contributed by atoms with Crippen molar-refractivity contribution in [3.05, 3.63) is 38.3 Å². The molecule has 108 valence electrons. The predicted octanol–water partition coefficient (Wildman–Crippen LogP) is 2.08. The summed E-state index contributed by atoms with van der Waals surface area (Å²) in [6.45, 7) is 8.97. The number of carbonyl (C=O) groups excluding carboxylic acids is 1. The molecule has 0 unspecified atom stereocenters. The fraction of sp³-hybridized carbons (Fsp3) is 0.429. The first-order valence-electron chi connectivity index (χ1n) is 6.61. The van der Waals surface area contributed by atoms with Crippen LogP contribution in [-0.2, 0) is 13.0 Å². The third kappa shape index (κ3) is 2.62. The SMILES string of the molecule is CCc1c(C)nn(Cc2cc(C(=O)NN)sc2C)c1C. The molecule has 20 heavy (non-hydrogen) atoms. The van der Waals surface area contributed by atoms with E-state index in [1.54, 1.807) is 0 Å². The normalized spacial score (nSPS) is 10.8. The Hall–Kier alpha value is -1.66. The zero-order valence-corrected chi connectivity index (χ0v) is 13.1. The van der Waals surface area contributed by atoms with Gasteiger partial charge in [-0.25, -0.2) is 5.84 Å². The van der Waals surface area contributed by atoms with E-state index in [9.17, 15) is 4.79 Å². The van der Waals surface area contributed by atoms with Crippen LogP contribution in [0.25, 0.3) is 0 Å². The maximum atomic E-state index is 11.6. The van der Waals surface area contributed by atoms with E-state index in [0.29, 0.717) is 11.4 Å². The lowest BCUT2D eigenvalue weighted by molar-refractivity contribution is 0.0957. The number of thiophene rings is 1. The Labute approximate surface area is 122 Å². The minimum atomic E-state index is -0.244. The highest BCUT2D eigenvalue weighted by molar-refractivity contribution is 7.14. The number of rotatable bonds is 4. The van der Waals surface area contributed by atoms with Gasteiger partial charge in [0.2, 0.25) is 0 Å². The second-order valence-electron chi connectivity index (χ2n) is 4.83. The number of hydrazine groups is 1. The van der Waals surface area contributed by atoms with E-state index >= 15 is 0 Å². The Morgan fingerprint density at radius 1 is 1.45 bits per heavy atom. The van der Waals surface area contributed by atoms with Gasteiger partial charge in [-0.05, 0) is 44.4 Å². The molecular formula is C14H20N4OS. The predicted molar refractivity (Wildman–Crippen MR) is 80.9 cm³/mol. The van der Waals surface area contributed by atoms with Crippen LogP contribution in [0.4, 0.5) is 0 Å². The van der Waals surface area contributed by atoms with E-state index < -0.39 is 0 Å². The lowest BCUT2D eigenvalue weighted by atomic mass is 10.1. The second kappa shape index (κ2) is 5.76. The quantitative estimate of drug-likeness (QED) is 0.515. The van der Waals surface area contributed by atoms with Crippen molar-refractivity contribution in [1.29, 1.82) is 0 Å². The number of hydrogen-bond acceptors (Lipinski definition) is 4. The molecule has 0 aliphatic carbocycles. The van der Waals surface area contributed by atoms with Crippen molar-refractivity contribution in [2.24, 2.45) is 5.84 Å². The molecule has 2 aromatic rings. The first-order valence-corrected chi connectivity index (χ1v) is 7.42. The average molecular weight is 292 g/mol. The molecule has 0 aliphatic heterocycles. The van der Waals surface area contributed by atoms with Crippen molar-refractivity contribution >= 4 is 17.2 Å². The third-order valence-electron chi connectivity index (χ3n) is 3.58. The Morgan fingerprint density at radius 2 is 2.15 bits per heavy atom. The number of nitrogens with zero attached hydrogens (tertiary/aromatic N) is 2. The number of aromatic nitrogens is 2. The highest BCUT2D eigenvalue weighted by Gasteiger charge is 2.14. The fourth-order valence-electron chi connectivity index (χ4n) is 2.42. The van der Waals surface area contributed by atoms with E-state index in [1.165, 1.54) is 22.6 Å². The lowest BCUT2D eigenvalue weighted by Gasteiger charge is -2.04. The summed E-state index contributed by atoms with van der Waals surface area (Å²) in [6.07, 6.45) is 0.987. The smallest absolute Gasteiger partial charge is 0.275 e. The summed E-state index contributed by atoms with van der Waals surface area (Å²) in [6, 6.07) is 1.89. The lowest BCUT2D eigenvalue weighted by Crippen LogP contribution is -2.29. The number of nitrogens with two attached hydrogens (primary N) is 1. The molecule has 0 atom stereocenters. The summed E-state index contributed by atoms with van der Waals surface area (Å²) in [5, 5.41) is 4.59. The number of hydrogen-bond donors (Lipinski definition) is 2. The first-order chi connectivity index (χ1) is 9.47. The molecule has 1 amide bonds. The third-order valence-corrected chi connectivity index (χ3v) is 4.67. The topological polar surface area (TPSA) is 72.9 Å². The zero-order valence-electron chi connectivity index (χ0n) is 12.3. The maximum Gasteiger partial charge on any atom is 0.275 e. The van der Waals surface area contributed by atoms with E-state index in [4.69, 9.17) is 5.84 Å². The molecule has 0 radical (unpaired) electrons. The molecular weight excluding hydrogens is 272 g/mol. The first kappa shape index (κ1) is 14.7. The molecule has 2 heterocycles. The average Bonchev–Trinajstić information content (AvgIpc) is 2.91. The molecule has 0 spiro atoms. The molecule has 0 fully saturated rings. The Kier molecular flexibility index (Phi) is 4.25. The van der Waals surface area contributed by atoms with Gasteiger partial charge < -0.3 is 0 Å². The summed E-state index contributed by atoms with van der Waals surface area (Å²) >= 11 is 1.46. The Balaban J connectivity index is 2.31. The summed E-state index contributed by atoms with van der Waals surface area (Å²) in [5.74, 6) is 4.93. The van der Waals surface area contributed by atoms with Gasteiger partial charge in [0.25, 0.3) is 5.91 Å². The van der Waals surface area contributed by atoms with Crippen molar-refractivity contribution in [2.75, 3.05) is 0 Å². The number of carbonyl (C=O) groups is 1. The van der Waals surface area contributed by atoms with Gasteiger partial charge in [0.05, 0.1) is 17.1 Å². The maximum absolute atomic E-state index is 11.6. The van der Waals surface area contributed by atoms with Gasteiger partial charge in [0.1, 0.15) is 0 Å². The summed E-state index contributed by atoms with van der Waals surface area (Å²) in [7, 11) is 0. The van der Waals surface area contributed by atoms with Gasteiger partial charge in [-0.2, -0.15) is 5.10 Å². The van der Waals surface area contributed by atoms with Gasteiger partial charge in [-0.1, -0.05) is 6.92 Å². The van der Waals surface area contributed by atoms with Gasteiger partial charge in [0.15, 0.2) is 0 Å². The monoisotopic (exact) mass is 292 g/mol. The van der Waals surface area contributed by atoms with Crippen molar-refractivity contribution in [2.45, 2.75) is 40.7 Å². The van der Waals surface area contributed by atoms with Crippen LogP contribution >= 0.6 is 11.3 Å². The number of nitrogens with one attached hydrogen (secondary N) is 1. The molecule has 6 heteroatoms. The van der Waals surface area contributed by atoms with Crippen LogP contribution in [0.2, 0.25) is 0 Å². The second-order valence-corrected chi connectivity index (χ2v) is 6.08. The zero-order chi connectivity index (χ0) is 14.9. The van der Waals surface area contributed by atoms with Crippen LogP contribution in [0.1, 0.15) is 44.0 Å². The molecule has 0 aliphatic rings. The van der Waals surface area contributed by atoms with Crippen molar-refractivity contribution in [3.8, 4) is 0 Å². The number of amides is 1. The molecule has 0 saturated heterocycles. The number of aryl methyl sites for hydroxylation is 2. The largest absolute Gasteiger partial charge is 0.289 e. The van der Waals surface area contributed by atoms with E-state index in [-0.39, 0.29) is 5.91 Å². The summed E-state index contributed by atoms with van der Waals surface area (Å²) in [5.41, 5.74) is 6.86. The van der Waals surface area contributed by atoms with E-state index in [0.717, 1.165) is 22.6 Å². The molecule has 5 nitrogen and oxygen atoms in total. The van der Waals surface area contributed by atoms with Crippen LogP contribution in [0.3, 0.4) is 0 Å². The van der Waals surface area contributed by atoms with Gasteiger partial charge in [0, 0.05) is 10.6 Å². The number of nitrogen functional groups attached to an aromatic ring is 1. The minimum Gasteiger partial charge on any atom is -0.289 e.